The quantitative estimate of drug-likeness (QED) is 0.770. The summed E-state index contributed by atoms with van der Waals surface area (Å²) in [6.45, 7) is 3.77. The maximum atomic E-state index is 12.6. The molecule has 1 aromatic heterocycles. The minimum Gasteiger partial charge on any atom is -0.478 e. The van der Waals surface area contributed by atoms with E-state index in [0.717, 1.165) is 31.9 Å². The van der Waals surface area contributed by atoms with Gasteiger partial charge in [-0.2, -0.15) is 0 Å². The Morgan fingerprint density at radius 1 is 1.03 bits per heavy atom. The van der Waals surface area contributed by atoms with E-state index in [-0.39, 0.29) is 11.5 Å². The van der Waals surface area contributed by atoms with Crippen LogP contribution in [0.25, 0.3) is 0 Å². The van der Waals surface area contributed by atoms with Crippen LogP contribution in [0.3, 0.4) is 0 Å². The second-order valence-corrected chi connectivity index (χ2v) is 8.73. The molecule has 1 aliphatic heterocycles. The second-order valence-electron chi connectivity index (χ2n) is 7.78. The number of aromatic carboxylic acids is 1. The van der Waals surface area contributed by atoms with Crippen LogP contribution >= 0.6 is 11.3 Å². The smallest absolute Gasteiger partial charge is 0.335 e. The van der Waals surface area contributed by atoms with Crippen LogP contribution in [0.15, 0.2) is 35.7 Å². The highest BCUT2D eigenvalue weighted by molar-refractivity contribution is 7.12. The number of piperazine rings is 1. The normalized spacial score (nSPS) is 18.6. The van der Waals surface area contributed by atoms with Crippen molar-refractivity contribution in [2.24, 2.45) is 0 Å². The number of carboxylic acid groups (broad SMARTS) is 1. The molecule has 6 nitrogen and oxygen atoms in total. The molecule has 1 amide bonds. The van der Waals surface area contributed by atoms with Gasteiger partial charge in [-0.3, -0.25) is 9.69 Å². The molecule has 1 aromatic carbocycles. The first-order valence-corrected chi connectivity index (χ1v) is 11.2. The number of nitrogens with one attached hydrogen (secondary N) is 1. The fourth-order valence-corrected chi connectivity index (χ4v) is 5.03. The maximum Gasteiger partial charge on any atom is 0.335 e. The average Bonchev–Trinajstić information content (AvgIpc) is 3.30. The summed E-state index contributed by atoms with van der Waals surface area (Å²) in [6.07, 6.45) is 6.63. The van der Waals surface area contributed by atoms with Crippen molar-refractivity contribution in [1.82, 2.24) is 4.90 Å². The molecule has 2 fully saturated rings. The van der Waals surface area contributed by atoms with Crippen molar-refractivity contribution >= 4 is 34.6 Å². The van der Waals surface area contributed by atoms with E-state index in [2.05, 4.69) is 15.1 Å². The molecule has 2 aliphatic rings. The summed E-state index contributed by atoms with van der Waals surface area (Å²) in [7, 11) is 0. The van der Waals surface area contributed by atoms with Crippen molar-refractivity contribution in [3.05, 3.63) is 46.2 Å². The highest BCUT2D eigenvalue weighted by Crippen LogP contribution is 2.31. The van der Waals surface area contributed by atoms with Crippen LogP contribution < -0.4 is 10.2 Å². The van der Waals surface area contributed by atoms with Gasteiger partial charge in [0, 0.05) is 32.2 Å². The molecule has 0 radical (unpaired) electrons. The number of hydrogen-bond acceptors (Lipinski definition) is 5. The standard InChI is InChI=1S/C22H27N3O3S/c26-21(20-7-4-14-29-20)23-18-15-16(22(27)28)8-9-19(18)25-12-10-24(11-13-25)17-5-2-1-3-6-17/h4,7-9,14-15,17H,1-3,5-6,10-13H2,(H,23,26)(H,27,28). The molecule has 1 saturated carbocycles. The number of thiophene rings is 1. The molecular formula is C22H27N3O3S. The predicted octanol–water partition coefficient (Wildman–Crippen LogP) is 4.15. The van der Waals surface area contributed by atoms with Crippen LogP contribution in [0.4, 0.5) is 11.4 Å². The summed E-state index contributed by atoms with van der Waals surface area (Å²) in [5.74, 6) is -1.20. The molecular weight excluding hydrogens is 386 g/mol. The summed E-state index contributed by atoms with van der Waals surface area (Å²) in [4.78, 5) is 29.5. The number of carbonyl (C=O) groups excluding carboxylic acids is 1. The van der Waals surface area contributed by atoms with Gasteiger partial charge < -0.3 is 15.3 Å². The molecule has 7 heteroatoms. The molecule has 0 bridgehead atoms. The van der Waals surface area contributed by atoms with Crippen molar-refractivity contribution in [3.63, 3.8) is 0 Å². The number of carbonyl (C=O) groups is 2. The van der Waals surface area contributed by atoms with Crippen LogP contribution in [0, 0.1) is 0 Å². The number of rotatable bonds is 5. The van der Waals surface area contributed by atoms with Crippen molar-refractivity contribution in [3.8, 4) is 0 Å². The Bertz CT molecular complexity index is 854. The summed E-state index contributed by atoms with van der Waals surface area (Å²) in [5, 5.41) is 14.2. The van der Waals surface area contributed by atoms with Crippen LogP contribution in [0.5, 0.6) is 0 Å². The first kappa shape index (κ1) is 19.9. The molecule has 2 N–H and O–H groups in total. The lowest BCUT2D eigenvalue weighted by atomic mass is 9.94. The second kappa shape index (κ2) is 8.97. The molecule has 0 unspecified atom stereocenters. The van der Waals surface area contributed by atoms with E-state index in [0.29, 0.717) is 16.6 Å². The van der Waals surface area contributed by atoms with Crippen molar-refractivity contribution in [2.75, 3.05) is 36.4 Å². The minimum atomic E-state index is -0.995. The van der Waals surface area contributed by atoms with E-state index < -0.39 is 5.97 Å². The van der Waals surface area contributed by atoms with Gasteiger partial charge in [0.15, 0.2) is 0 Å². The van der Waals surface area contributed by atoms with E-state index in [1.54, 1.807) is 18.2 Å². The lowest BCUT2D eigenvalue weighted by Crippen LogP contribution is -2.51. The zero-order valence-electron chi connectivity index (χ0n) is 16.5. The van der Waals surface area contributed by atoms with E-state index >= 15 is 0 Å². The lowest BCUT2D eigenvalue weighted by molar-refractivity contribution is 0.0696. The third kappa shape index (κ3) is 4.62. The fraction of sp³-hybridized carbons (Fsp3) is 0.455. The third-order valence-corrected chi connectivity index (χ3v) is 6.85. The van der Waals surface area contributed by atoms with Gasteiger partial charge in [-0.15, -0.1) is 11.3 Å². The van der Waals surface area contributed by atoms with E-state index in [4.69, 9.17) is 0 Å². The molecule has 29 heavy (non-hydrogen) atoms. The summed E-state index contributed by atoms with van der Waals surface area (Å²) in [5.41, 5.74) is 1.63. The molecule has 154 valence electrons. The van der Waals surface area contributed by atoms with Crippen LogP contribution in [-0.2, 0) is 0 Å². The Morgan fingerprint density at radius 2 is 1.79 bits per heavy atom. The molecule has 2 aromatic rings. The molecule has 1 saturated heterocycles. The summed E-state index contributed by atoms with van der Waals surface area (Å²) < 4.78 is 0. The van der Waals surface area contributed by atoms with E-state index in [1.165, 1.54) is 43.4 Å². The van der Waals surface area contributed by atoms with Gasteiger partial charge in [-0.05, 0) is 42.5 Å². The Hall–Kier alpha value is -2.38. The lowest BCUT2D eigenvalue weighted by Gasteiger charge is -2.42. The third-order valence-electron chi connectivity index (χ3n) is 5.98. The molecule has 0 atom stereocenters. The van der Waals surface area contributed by atoms with Gasteiger partial charge in [-0.25, -0.2) is 4.79 Å². The van der Waals surface area contributed by atoms with Gasteiger partial charge in [0.2, 0.25) is 0 Å². The highest BCUT2D eigenvalue weighted by Gasteiger charge is 2.26. The SMILES string of the molecule is O=C(O)c1ccc(N2CCN(C3CCCCC3)CC2)c(NC(=O)c2cccs2)c1. The Morgan fingerprint density at radius 3 is 2.45 bits per heavy atom. The zero-order valence-corrected chi connectivity index (χ0v) is 17.3. The molecule has 4 rings (SSSR count). The monoisotopic (exact) mass is 413 g/mol. The Kier molecular flexibility index (Phi) is 6.16. The van der Waals surface area contributed by atoms with E-state index in [9.17, 15) is 14.7 Å². The van der Waals surface area contributed by atoms with Gasteiger partial charge in [0.05, 0.1) is 21.8 Å². The topological polar surface area (TPSA) is 72.9 Å². The van der Waals surface area contributed by atoms with Crippen molar-refractivity contribution < 1.29 is 14.7 Å². The van der Waals surface area contributed by atoms with Crippen molar-refractivity contribution in [1.29, 1.82) is 0 Å². The molecule has 2 heterocycles. The van der Waals surface area contributed by atoms with Gasteiger partial charge in [0.25, 0.3) is 5.91 Å². The summed E-state index contributed by atoms with van der Waals surface area (Å²) >= 11 is 1.37. The first-order valence-electron chi connectivity index (χ1n) is 10.3. The largest absolute Gasteiger partial charge is 0.478 e. The number of benzene rings is 1. The molecule has 1 aliphatic carbocycles. The first-order chi connectivity index (χ1) is 14.1. The highest BCUT2D eigenvalue weighted by atomic mass is 32.1. The summed E-state index contributed by atoms with van der Waals surface area (Å²) in [6, 6.07) is 9.31. The van der Waals surface area contributed by atoms with E-state index in [1.807, 2.05) is 17.5 Å². The van der Waals surface area contributed by atoms with Crippen LogP contribution in [-0.4, -0.2) is 54.1 Å². The zero-order chi connectivity index (χ0) is 20.2. The Labute approximate surface area is 175 Å². The van der Waals surface area contributed by atoms with Gasteiger partial charge in [0.1, 0.15) is 0 Å². The Balaban J connectivity index is 1.50. The number of carboxylic acids is 1. The number of anilines is 2. The average molecular weight is 414 g/mol. The number of amides is 1. The predicted molar refractivity (Wildman–Crippen MR) is 116 cm³/mol. The van der Waals surface area contributed by atoms with Crippen LogP contribution in [0.2, 0.25) is 0 Å². The molecule has 0 spiro atoms. The minimum absolute atomic E-state index is 0.177. The van der Waals surface area contributed by atoms with Crippen molar-refractivity contribution in [2.45, 2.75) is 38.1 Å². The maximum absolute atomic E-state index is 12.6. The van der Waals surface area contributed by atoms with Gasteiger partial charge >= 0.3 is 5.97 Å². The fourth-order valence-electron chi connectivity index (χ4n) is 4.41. The van der Waals surface area contributed by atoms with Gasteiger partial charge in [-0.1, -0.05) is 25.3 Å². The van der Waals surface area contributed by atoms with Crippen LogP contribution in [0.1, 0.15) is 52.1 Å². The number of nitrogens with zero attached hydrogens (tertiary/aromatic N) is 2. The number of hydrogen-bond donors (Lipinski definition) is 2.